The monoisotopic (exact) mass is 429 g/mol. The second-order valence-electron chi connectivity index (χ2n) is 10.5. The molecule has 0 aliphatic heterocycles. The van der Waals surface area contributed by atoms with E-state index in [0.29, 0.717) is 0 Å². The van der Waals surface area contributed by atoms with Crippen molar-refractivity contribution in [3.8, 4) is 0 Å². The normalized spacial score (nSPS) is 11.5. The minimum absolute atomic E-state index is 0.938. The van der Waals surface area contributed by atoms with Crippen LogP contribution in [0.5, 0.6) is 0 Å². The molecular formula is C30H44BN. The number of hydrogen-bond donors (Lipinski definition) is 0. The molecular weight excluding hydrogens is 385 g/mol. The van der Waals surface area contributed by atoms with Gasteiger partial charge in [-0.3, -0.25) is 0 Å². The summed E-state index contributed by atoms with van der Waals surface area (Å²) >= 11 is 0. The molecule has 3 rings (SSSR count). The van der Waals surface area contributed by atoms with Crippen LogP contribution in [-0.4, -0.2) is 38.8 Å². The summed E-state index contributed by atoms with van der Waals surface area (Å²) in [7, 11) is 8.50. The van der Waals surface area contributed by atoms with E-state index in [-0.39, 0.29) is 0 Å². The highest BCUT2D eigenvalue weighted by atomic mass is 15.2. The number of nitrogens with zero attached hydrogens (tertiary/aromatic N) is 1. The van der Waals surface area contributed by atoms with Gasteiger partial charge in [-0.1, -0.05) is 136 Å². The average Bonchev–Trinajstić information content (AvgIpc) is 2.80. The molecule has 0 saturated carbocycles. The van der Waals surface area contributed by atoms with Gasteiger partial charge in [0.15, 0.2) is 0 Å². The number of quaternary nitrogens is 1. The van der Waals surface area contributed by atoms with E-state index in [1.165, 1.54) is 61.2 Å². The molecule has 0 spiro atoms. The van der Waals surface area contributed by atoms with Gasteiger partial charge in [-0.2, -0.15) is 22.7 Å². The summed E-state index contributed by atoms with van der Waals surface area (Å²) in [6, 6.07) is 33.5. The lowest BCUT2D eigenvalue weighted by molar-refractivity contribution is -0.849. The Labute approximate surface area is 198 Å². The highest BCUT2D eigenvalue weighted by Crippen LogP contribution is 2.18. The fraction of sp³-hybridized carbons (Fsp3) is 0.400. The van der Waals surface area contributed by atoms with E-state index in [0.717, 1.165) is 4.48 Å². The Morgan fingerprint density at radius 1 is 0.500 bits per heavy atom. The van der Waals surface area contributed by atoms with Crippen molar-refractivity contribution in [3.63, 3.8) is 0 Å². The van der Waals surface area contributed by atoms with E-state index in [2.05, 4.69) is 126 Å². The van der Waals surface area contributed by atoms with Crippen LogP contribution in [0.2, 0.25) is 6.32 Å². The van der Waals surface area contributed by atoms with E-state index in [4.69, 9.17) is 0 Å². The van der Waals surface area contributed by atoms with Gasteiger partial charge in [-0.15, -0.1) is 0 Å². The van der Waals surface area contributed by atoms with Crippen LogP contribution in [-0.2, 0) is 0 Å². The molecule has 0 unspecified atom stereocenters. The van der Waals surface area contributed by atoms with Gasteiger partial charge in [0.1, 0.15) is 0 Å². The first kappa shape index (κ1) is 25.9. The largest absolute Gasteiger partial charge is 0.333 e. The molecule has 2 heteroatoms. The van der Waals surface area contributed by atoms with Crippen molar-refractivity contribution in [2.24, 2.45) is 0 Å². The van der Waals surface area contributed by atoms with Crippen molar-refractivity contribution in [1.29, 1.82) is 0 Å². The zero-order chi connectivity index (χ0) is 23.3. The van der Waals surface area contributed by atoms with Gasteiger partial charge in [-0.25, -0.2) is 0 Å². The van der Waals surface area contributed by atoms with Crippen molar-refractivity contribution >= 4 is 22.5 Å². The Bertz CT molecular complexity index is 751. The lowest BCUT2D eigenvalue weighted by Gasteiger charge is -2.43. The fourth-order valence-electron chi connectivity index (χ4n) is 4.65. The van der Waals surface area contributed by atoms with Crippen molar-refractivity contribution < 1.29 is 4.48 Å². The number of benzene rings is 3. The summed E-state index contributed by atoms with van der Waals surface area (Å²) in [4.78, 5) is 0. The zero-order valence-corrected chi connectivity index (χ0v) is 21.1. The summed E-state index contributed by atoms with van der Waals surface area (Å²) in [6.07, 6.45) is 8.30. The van der Waals surface area contributed by atoms with Crippen molar-refractivity contribution in [2.45, 2.75) is 51.8 Å². The number of hydrogen-bond acceptors (Lipinski definition) is 0. The molecule has 0 aromatic heterocycles. The van der Waals surface area contributed by atoms with E-state index in [1.807, 2.05) is 0 Å². The fourth-order valence-corrected chi connectivity index (χ4v) is 4.65. The van der Waals surface area contributed by atoms with Crippen LogP contribution < -0.4 is 16.4 Å². The first-order valence-corrected chi connectivity index (χ1v) is 12.5. The molecule has 3 aromatic carbocycles. The van der Waals surface area contributed by atoms with Gasteiger partial charge in [0.2, 0.25) is 0 Å². The van der Waals surface area contributed by atoms with Crippen LogP contribution in [0.15, 0.2) is 91.0 Å². The Hall–Kier alpha value is -2.32. The number of unbranched alkanes of at least 4 members (excludes halogenated alkanes) is 5. The topological polar surface area (TPSA) is 0 Å². The molecule has 0 amide bonds. The molecule has 0 aliphatic rings. The highest BCUT2D eigenvalue weighted by molar-refractivity contribution is 7.11. The second-order valence-corrected chi connectivity index (χ2v) is 10.5. The van der Waals surface area contributed by atoms with Gasteiger partial charge in [0.05, 0.1) is 34.3 Å². The summed E-state index contributed by atoms with van der Waals surface area (Å²) in [6.45, 7) is 2.29. The van der Waals surface area contributed by atoms with Gasteiger partial charge in [0, 0.05) is 0 Å². The minimum atomic E-state index is -0.938. The second kappa shape index (κ2) is 13.3. The van der Waals surface area contributed by atoms with E-state index < -0.39 is 6.15 Å². The van der Waals surface area contributed by atoms with Gasteiger partial charge < -0.3 is 4.48 Å². The van der Waals surface area contributed by atoms with E-state index in [9.17, 15) is 0 Å². The minimum Gasteiger partial charge on any atom is -0.333 e. The van der Waals surface area contributed by atoms with Crippen molar-refractivity contribution in [1.82, 2.24) is 0 Å². The van der Waals surface area contributed by atoms with Gasteiger partial charge in [0.25, 0.3) is 0 Å². The Kier molecular flexibility index (Phi) is 10.8. The van der Waals surface area contributed by atoms with Gasteiger partial charge >= 0.3 is 0 Å². The third-order valence-electron chi connectivity index (χ3n) is 6.10. The molecule has 0 heterocycles. The molecule has 0 radical (unpaired) electrons. The van der Waals surface area contributed by atoms with E-state index in [1.54, 1.807) is 0 Å². The average molecular weight is 430 g/mol. The maximum Gasteiger partial charge on any atom is 0.0814 e. The Morgan fingerprint density at radius 3 is 1.16 bits per heavy atom. The molecule has 3 aromatic rings. The standard InChI is InChI=1S/C26H32B.C4H12N/c1-2-3-4-5-6-16-23-27(24-17-10-7-11-18-24,25-19-12-8-13-20-25)26-21-14-9-15-22-26;1-5(2,3)4/h7-15,17-22H,2-6,16,23H2,1H3;1-4H3/q-1;+1. The number of rotatable bonds is 10. The van der Waals surface area contributed by atoms with Crippen LogP contribution in [0.3, 0.4) is 0 Å². The molecule has 0 N–H and O–H groups in total. The molecule has 0 saturated heterocycles. The molecule has 0 atom stereocenters. The van der Waals surface area contributed by atoms with E-state index >= 15 is 0 Å². The van der Waals surface area contributed by atoms with Crippen LogP contribution in [0.25, 0.3) is 0 Å². The SMILES string of the molecule is CCCCCCCC[B-](c1ccccc1)(c1ccccc1)c1ccccc1.C[N+](C)(C)C. The first-order valence-electron chi connectivity index (χ1n) is 12.5. The molecule has 1 nitrogen and oxygen atoms in total. The first-order chi connectivity index (χ1) is 15.4. The summed E-state index contributed by atoms with van der Waals surface area (Å²) in [5.74, 6) is 0. The van der Waals surface area contributed by atoms with Crippen LogP contribution >= 0.6 is 0 Å². The Balaban J connectivity index is 0.000000654. The predicted molar refractivity (Wildman–Crippen MR) is 146 cm³/mol. The van der Waals surface area contributed by atoms with Gasteiger partial charge in [-0.05, 0) is 0 Å². The lowest BCUT2D eigenvalue weighted by Crippen LogP contribution is -2.66. The molecule has 172 valence electrons. The molecule has 32 heavy (non-hydrogen) atoms. The summed E-state index contributed by atoms with van der Waals surface area (Å²) in [5.41, 5.74) is 4.38. The van der Waals surface area contributed by atoms with Crippen molar-refractivity contribution in [3.05, 3.63) is 91.0 Å². The zero-order valence-electron chi connectivity index (χ0n) is 21.1. The quantitative estimate of drug-likeness (QED) is 0.216. The Morgan fingerprint density at radius 2 is 0.812 bits per heavy atom. The van der Waals surface area contributed by atoms with Crippen LogP contribution in [0.1, 0.15) is 45.4 Å². The third-order valence-corrected chi connectivity index (χ3v) is 6.10. The molecule has 0 bridgehead atoms. The van der Waals surface area contributed by atoms with Crippen LogP contribution in [0.4, 0.5) is 0 Å². The molecule has 0 fully saturated rings. The van der Waals surface area contributed by atoms with Crippen LogP contribution in [0, 0.1) is 0 Å². The van der Waals surface area contributed by atoms with Crippen molar-refractivity contribution in [2.75, 3.05) is 28.2 Å². The lowest BCUT2D eigenvalue weighted by atomic mass is 9.14. The maximum absolute atomic E-state index is 2.33. The predicted octanol–water partition coefficient (Wildman–Crippen LogP) is 5.84. The highest BCUT2D eigenvalue weighted by Gasteiger charge is 2.28. The summed E-state index contributed by atoms with van der Waals surface area (Å²) < 4.78 is 1.00. The maximum atomic E-state index is 2.33. The summed E-state index contributed by atoms with van der Waals surface area (Å²) in [5, 5.41) is 0. The molecule has 0 aliphatic carbocycles. The smallest absolute Gasteiger partial charge is 0.0814 e. The third kappa shape index (κ3) is 8.32.